The van der Waals surface area contributed by atoms with Gasteiger partial charge in [0.25, 0.3) is 0 Å². The number of fused-ring (bicyclic) bond motifs is 1. The van der Waals surface area contributed by atoms with Crippen molar-refractivity contribution in [3.63, 3.8) is 0 Å². The molecule has 3 aliphatic rings. The third-order valence-corrected chi connectivity index (χ3v) is 6.58. The molecule has 1 aliphatic carbocycles. The number of nitrogens with zero attached hydrogens (tertiary/aromatic N) is 4. The van der Waals surface area contributed by atoms with Crippen molar-refractivity contribution < 1.29 is 17.9 Å². The lowest BCUT2D eigenvalue weighted by molar-refractivity contribution is 0.291. The Morgan fingerprint density at radius 3 is 2.54 bits per heavy atom. The molecule has 2 aromatic carbocycles. The van der Waals surface area contributed by atoms with Crippen LogP contribution in [0.25, 0.3) is 11.3 Å². The van der Waals surface area contributed by atoms with Crippen molar-refractivity contribution in [2.45, 2.75) is 18.9 Å². The minimum Gasteiger partial charge on any atom is -0.486 e. The highest BCUT2D eigenvalue weighted by molar-refractivity contribution is 5.73. The third kappa shape index (κ3) is 4.34. The Bertz CT molecular complexity index is 1260. The number of anilines is 4. The quantitative estimate of drug-likeness (QED) is 0.568. The first-order chi connectivity index (χ1) is 17.1. The third-order valence-electron chi connectivity index (χ3n) is 6.58. The van der Waals surface area contributed by atoms with E-state index in [-0.39, 0.29) is 23.2 Å². The van der Waals surface area contributed by atoms with E-state index in [4.69, 9.17) is 4.74 Å². The Balaban J connectivity index is 1.28. The van der Waals surface area contributed by atoms with Crippen molar-refractivity contribution in [2.24, 2.45) is 0 Å². The van der Waals surface area contributed by atoms with E-state index < -0.39 is 11.6 Å². The fraction of sp³-hybridized carbons (Fsp3) is 0.360. The molecule has 1 saturated heterocycles. The zero-order valence-corrected chi connectivity index (χ0v) is 19.0. The normalized spacial score (nSPS) is 17.7. The van der Waals surface area contributed by atoms with Crippen molar-refractivity contribution in [2.75, 3.05) is 54.4 Å². The van der Waals surface area contributed by atoms with Gasteiger partial charge in [0.05, 0.1) is 24.1 Å². The number of halogens is 3. The molecular weight excluding hydrogens is 457 g/mol. The Morgan fingerprint density at radius 2 is 1.77 bits per heavy atom. The fourth-order valence-corrected chi connectivity index (χ4v) is 4.71. The van der Waals surface area contributed by atoms with Crippen LogP contribution in [0.4, 0.5) is 36.2 Å². The van der Waals surface area contributed by atoms with Crippen molar-refractivity contribution >= 4 is 23.0 Å². The maximum Gasteiger partial charge on any atom is 0.227 e. The van der Waals surface area contributed by atoms with Gasteiger partial charge in [-0.05, 0) is 43.2 Å². The van der Waals surface area contributed by atoms with Crippen molar-refractivity contribution in [3.8, 4) is 17.0 Å². The summed E-state index contributed by atoms with van der Waals surface area (Å²) < 4.78 is 50.0. The molecule has 182 valence electrons. The van der Waals surface area contributed by atoms with Gasteiger partial charge >= 0.3 is 0 Å². The summed E-state index contributed by atoms with van der Waals surface area (Å²) >= 11 is 0. The van der Waals surface area contributed by atoms with Crippen LogP contribution in [0.2, 0.25) is 0 Å². The van der Waals surface area contributed by atoms with Crippen LogP contribution in [-0.4, -0.2) is 55.3 Å². The van der Waals surface area contributed by atoms with Gasteiger partial charge in [0, 0.05) is 43.5 Å². The molecule has 2 fully saturated rings. The summed E-state index contributed by atoms with van der Waals surface area (Å²) in [5.41, 5.74) is 1.84. The van der Waals surface area contributed by atoms with Gasteiger partial charge in [0.1, 0.15) is 18.1 Å². The van der Waals surface area contributed by atoms with Crippen LogP contribution >= 0.6 is 0 Å². The predicted molar refractivity (Wildman–Crippen MR) is 128 cm³/mol. The maximum atomic E-state index is 14.9. The molecule has 0 radical (unpaired) electrons. The van der Waals surface area contributed by atoms with Gasteiger partial charge < -0.3 is 25.2 Å². The number of rotatable bonds is 5. The van der Waals surface area contributed by atoms with Crippen LogP contribution in [0.3, 0.4) is 0 Å². The molecule has 0 amide bonds. The van der Waals surface area contributed by atoms with E-state index in [1.165, 1.54) is 12.1 Å². The topological polar surface area (TPSA) is 65.5 Å². The lowest BCUT2D eigenvalue weighted by Crippen LogP contribution is -2.43. The van der Waals surface area contributed by atoms with Crippen molar-refractivity contribution in [3.05, 3.63) is 54.0 Å². The minimum absolute atomic E-state index is 0.0385. The van der Waals surface area contributed by atoms with Crippen LogP contribution in [0.15, 0.2) is 36.5 Å². The molecule has 35 heavy (non-hydrogen) atoms. The minimum atomic E-state index is -0.676. The molecule has 1 saturated carbocycles. The van der Waals surface area contributed by atoms with Gasteiger partial charge in [-0.3, -0.25) is 0 Å². The number of nitrogens with one attached hydrogen (secondary N) is 2. The SMILES string of the molecule is Fc1cc(Nc2ncc(F)c(-c3cc(F)c4c(c3)N(C3CC3)CCO4)n2)ccc1N1CCNCC1. The summed E-state index contributed by atoms with van der Waals surface area (Å²) in [7, 11) is 0. The first-order valence-electron chi connectivity index (χ1n) is 11.8. The van der Waals surface area contributed by atoms with Gasteiger partial charge in [0.2, 0.25) is 5.95 Å². The second kappa shape index (κ2) is 8.92. The summed E-state index contributed by atoms with van der Waals surface area (Å²) in [6.45, 7) is 4.15. The lowest BCUT2D eigenvalue weighted by Gasteiger charge is -2.32. The first kappa shape index (κ1) is 22.0. The zero-order chi connectivity index (χ0) is 23.9. The number of aromatic nitrogens is 2. The average Bonchev–Trinajstić information content (AvgIpc) is 3.71. The first-order valence-corrected chi connectivity index (χ1v) is 11.8. The maximum absolute atomic E-state index is 14.9. The van der Waals surface area contributed by atoms with Gasteiger partial charge in [0.15, 0.2) is 17.4 Å². The van der Waals surface area contributed by atoms with Crippen molar-refractivity contribution in [1.82, 2.24) is 15.3 Å². The zero-order valence-electron chi connectivity index (χ0n) is 19.0. The molecule has 0 spiro atoms. The molecule has 2 N–H and O–H groups in total. The summed E-state index contributed by atoms with van der Waals surface area (Å²) in [5, 5.41) is 6.18. The molecule has 3 heterocycles. The number of piperazine rings is 1. The van der Waals surface area contributed by atoms with E-state index in [0.29, 0.717) is 41.8 Å². The fourth-order valence-electron chi connectivity index (χ4n) is 4.71. The summed E-state index contributed by atoms with van der Waals surface area (Å²) in [4.78, 5) is 12.4. The molecule has 0 unspecified atom stereocenters. The summed E-state index contributed by atoms with van der Waals surface area (Å²) in [6, 6.07) is 8.11. The van der Waals surface area contributed by atoms with Crippen LogP contribution in [-0.2, 0) is 0 Å². The van der Waals surface area contributed by atoms with Crippen molar-refractivity contribution in [1.29, 1.82) is 0 Å². The number of hydrogen-bond acceptors (Lipinski definition) is 7. The molecule has 6 rings (SSSR count). The Labute approximate surface area is 200 Å². The van der Waals surface area contributed by atoms with Crippen LogP contribution in [0.1, 0.15) is 12.8 Å². The van der Waals surface area contributed by atoms with Gasteiger partial charge in [-0.15, -0.1) is 0 Å². The van der Waals surface area contributed by atoms with E-state index in [9.17, 15) is 13.2 Å². The molecule has 0 bridgehead atoms. The molecule has 10 heteroatoms. The highest BCUT2D eigenvalue weighted by Gasteiger charge is 2.34. The molecular formula is C25H25F3N6O. The van der Waals surface area contributed by atoms with E-state index in [1.807, 2.05) is 4.90 Å². The highest BCUT2D eigenvalue weighted by Crippen LogP contribution is 2.43. The molecule has 3 aromatic rings. The predicted octanol–water partition coefficient (Wildman–Crippen LogP) is 4.08. The number of benzene rings is 2. The van der Waals surface area contributed by atoms with Crippen LogP contribution in [0, 0.1) is 17.5 Å². The largest absolute Gasteiger partial charge is 0.486 e. The Hall–Kier alpha value is -3.53. The molecule has 1 aromatic heterocycles. The lowest BCUT2D eigenvalue weighted by atomic mass is 10.1. The smallest absolute Gasteiger partial charge is 0.227 e. The van der Waals surface area contributed by atoms with E-state index >= 15 is 0 Å². The number of hydrogen-bond donors (Lipinski definition) is 2. The molecule has 7 nitrogen and oxygen atoms in total. The summed E-state index contributed by atoms with van der Waals surface area (Å²) in [6.07, 6.45) is 3.12. The second-order valence-corrected chi connectivity index (χ2v) is 9.00. The van der Waals surface area contributed by atoms with Crippen LogP contribution in [0.5, 0.6) is 5.75 Å². The van der Waals surface area contributed by atoms with E-state index in [2.05, 4.69) is 25.5 Å². The van der Waals surface area contributed by atoms with Gasteiger partial charge in [-0.1, -0.05) is 0 Å². The molecule has 2 aliphatic heterocycles. The van der Waals surface area contributed by atoms with Gasteiger partial charge in [-0.25, -0.2) is 23.1 Å². The van der Waals surface area contributed by atoms with E-state index in [0.717, 1.165) is 45.2 Å². The van der Waals surface area contributed by atoms with Gasteiger partial charge in [-0.2, -0.15) is 0 Å². The second-order valence-electron chi connectivity index (χ2n) is 9.00. The average molecular weight is 483 g/mol. The molecule has 0 atom stereocenters. The monoisotopic (exact) mass is 482 g/mol. The van der Waals surface area contributed by atoms with E-state index in [1.54, 1.807) is 18.2 Å². The highest BCUT2D eigenvalue weighted by atomic mass is 19.1. The Morgan fingerprint density at radius 1 is 0.943 bits per heavy atom. The van der Waals surface area contributed by atoms with Crippen LogP contribution < -0.4 is 25.2 Å². The standard InChI is InChI=1S/C25H25F3N6O/c26-18-13-16(1-4-21(18)33-7-5-29-6-8-33)31-25-30-14-20(28)23(32-25)15-11-19(27)24-22(12-15)34(9-10-35-24)17-2-3-17/h1,4,11-14,17,29H,2-3,5-10H2,(H,30,31,32). The number of ether oxygens (including phenoxy) is 1. The summed E-state index contributed by atoms with van der Waals surface area (Å²) in [5.74, 6) is -1.31. The Kier molecular flexibility index (Phi) is 5.60.